The van der Waals surface area contributed by atoms with Crippen molar-refractivity contribution in [2.45, 2.75) is 44.9 Å². The Bertz CT molecular complexity index is 1020. The molecule has 1 saturated carbocycles. The zero-order chi connectivity index (χ0) is 21.4. The van der Waals surface area contributed by atoms with Gasteiger partial charge in [0.15, 0.2) is 0 Å². The van der Waals surface area contributed by atoms with Gasteiger partial charge >= 0.3 is 5.97 Å². The molecule has 0 aromatic heterocycles. The first kappa shape index (κ1) is 20.0. The predicted molar refractivity (Wildman–Crippen MR) is 123 cm³/mol. The van der Waals surface area contributed by atoms with E-state index < -0.39 is 5.97 Å². The first-order chi connectivity index (χ1) is 15.1. The minimum Gasteiger partial charge on any atom is -0.478 e. The third kappa shape index (κ3) is 4.04. The van der Waals surface area contributed by atoms with E-state index in [-0.39, 0.29) is 5.92 Å². The maximum absolute atomic E-state index is 11.5. The Labute approximate surface area is 183 Å². The first-order valence-electron chi connectivity index (χ1n) is 11.5. The van der Waals surface area contributed by atoms with Gasteiger partial charge in [0.2, 0.25) is 0 Å². The minimum atomic E-state index is -0.859. The van der Waals surface area contributed by atoms with E-state index in [2.05, 4.69) is 29.2 Å². The average Bonchev–Trinajstić information content (AvgIpc) is 3.65. The summed E-state index contributed by atoms with van der Waals surface area (Å²) in [5.41, 5.74) is 8.09. The van der Waals surface area contributed by atoms with Crippen LogP contribution in [0.3, 0.4) is 0 Å². The number of piperidine rings is 1. The van der Waals surface area contributed by atoms with Crippen LogP contribution in [0.4, 0.5) is 5.69 Å². The number of aromatic carboxylic acids is 1. The van der Waals surface area contributed by atoms with Crippen molar-refractivity contribution in [1.82, 2.24) is 0 Å². The monoisotopic (exact) mass is 415 g/mol. The van der Waals surface area contributed by atoms with E-state index in [1.807, 2.05) is 12.1 Å². The SMILES string of the molecule is O=CC1CCN(c2ccc(C3=C(C4CC4)CCCc4cc(C(=O)O)ccc43)cc2)CC1. The first-order valence-corrected chi connectivity index (χ1v) is 11.5. The predicted octanol–water partition coefficient (Wildman–Crippen LogP) is 5.35. The summed E-state index contributed by atoms with van der Waals surface area (Å²) < 4.78 is 0. The summed E-state index contributed by atoms with van der Waals surface area (Å²) in [4.78, 5) is 24.9. The molecule has 0 unspecified atom stereocenters. The van der Waals surface area contributed by atoms with Crippen LogP contribution in [0.15, 0.2) is 48.0 Å². The quantitative estimate of drug-likeness (QED) is 0.669. The van der Waals surface area contributed by atoms with Gasteiger partial charge in [-0.25, -0.2) is 4.79 Å². The molecule has 160 valence electrons. The van der Waals surface area contributed by atoms with Gasteiger partial charge < -0.3 is 14.8 Å². The largest absolute Gasteiger partial charge is 0.478 e. The van der Waals surface area contributed by atoms with E-state index in [1.165, 1.54) is 35.2 Å². The van der Waals surface area contributed by atoms with Crippen LogP contribution in [0.5, 0.6) is 0 Å². The van der Waals surface area contributed by atoms with Crippen LogP contribution in [0, 0.1) is 11.8 Å². The second-order valence-electron chi connectivity index (χ2n) is 9.21. The number of fused-ring (bicyclic) bond motifs is 1. The number of aldehydes is 1. The standard InChI is InChI=1S/C27H29NO3/c29-17-18-12-14-28(15-13-18)23-9-6-20(7-10-23)26-24(19-4-5-19)3-1-2-21-16-22(27(30)31)8-11-25(21)26/h6-11,16-19H,1-5,12-15H2,(H,30,31). The third-order valence-corrected chi connectivity index (χ3v) is 7.16. The molecule has 0 radical (unpaired) electrons. The Kier molecular flexibility index (Phi) is 5.39. The number of nitrogens with zero attached hydrogens (tertiary/aromatic N) is 1. The molecule has 1 heterocycles. The minimum absolute atomic E-state index is 0.208. The fraction of sp³-hybridized carbons (Fsp3) is 0.407. The fourth-order valence-corrected chi connectivity index (χ4v) is 5.26. The molecule has 0 atom stereocenters. The summed E-state index contributed by atoms with van der Waals surface area (Å²) >= 11 is 0. The molecule has 1 saturated heterocycles. The number of hydrogen-bond donors (Lipinski definition) is 1. The molecule has 0 spiro atoms. The van der Waals surface area contributed by atoms with Gasteiger partial charge in [-0.2, -0.15) is 0 Å². The number of benzene rings is 2. The highest BCUT2D eigenvalue weighted by atomic mass is 16.4. The molecule has 2 fully saturated rings. The van der Waals surface area contributed by atoms with Crippen molar-refractivity contribution in [2.24, 2.45) is 11.8 Å². The Morgan fingerprint density at radius 2 is 1.71 bits per heavy atom. The summed E-state index contributed by atoms with van der Waals surface area (Å²) in [6, 6.07) is 14.5. The smallest absolute Gasteiger partial charge is 0.335 e. The fourth-order valence-electron chi connectivity index (χ4n) is 5.26. The third-order valence-electron chi connectivity index (χ3n) is 7.16. The van der Waals surface area contributed by atoms with Crippen LogP contribution in [0.2, 0.25) is 0 Å². The average molecular weight is 416 g/mol. The normalized spacial score (nSPS) is 19.7. The molecule has 2 aromatic carbocycles. The van der Waals surface area contributed by atoms with Crippen LogP contribution in [0.1, 0.15) is 65.6 Å². The molecule has 0 bridgehead atoms. The van der Waals surface area contributed by atoms with Crippen molar-refractivity contribution in [2.75, 3.05) is 18.0 Å². The van der Waals surface area contributed by atoms with E-state index >= 15 is 0 Å². The van der Waals surface area contributed by atoms with E-state index in [4.69, 9.17) is 0 Å². The lowest BCUT2D eigenvalue weighted by molar-refractivity contribution is -0.111. The summed E-state index contributed by atoms with van der Waals surface area (Å²) in [6.07, 6.45) is 8.61. The van der Waals surface area contributed by atoms with Crippen molar-refractivity contribution in [3.8, 4) is 0 Å². The van der Waals surface area contributed by atoms with E-state index in [9.17, 15) is 14.7 Å². The molecule has 2 aromatic rings. The molecular formula is C27H29NO3. The molecule has 4 nitrogen and oxygen atoms in total. The topological polar surface area (TPSA) is 57.6 Å². The van der Waals surface area contributed by atoms with Crippen LogP contribution in [-0.4, -0.2) is 30.5 Å². The van der Waals surface area contributed by atoms with Gasteiger partial charge in [-0.15, -0.1) is 0 Å². The lowest BCUT2D eigenvalue weighted by Crippen LogP contribution is -2.34. The number of allylic oxidation sites excluding steroid dienone is 1. The second kappa shape index (κ2) is 8.33. The Balaban J connectivity index is 1.50. The number of rotatable bonds is 5. The van der Waals surface area contributed by atoms with E-state index in [1.54, 1.807) is 11.6 Å². The van der Waals surface area contributed by atoms with Gasteiger partial charge in [0.05, 0.1) is 5.56 Å². The molecule has 0 amide bonds. The van der Waals surface area contributed by atoms with Crippen molar-refractivity contribution in [1.29, 1.82) is 0 Å². The van der Waals surface area contributed by atoms with Gasteiger partial charge in [0.25, 0.3) is 0 Å². The number of anilines is 1. The highest BCUT2D eigenvalue weighted by Gasteiger charge is 2.31. The second-order valence-corrected chi connectivity index (χ2v) is 9.21. The van der Waals surface area contributed by atoms with E-state index in [0.717, 1.165) is 57.0 Å². The molecule has 1 aliphatic heterocycles. The molecular weight excluding hydrogens is 386 g/mol. The molecule has 1 N–H and O–H groups in total. The lowest BCUT2D eigenvalue weighted by Gasteiger charge is -2.31. The maximum atomic E-state index is 11.5. The lowest BCUT2D eigenvalue weighted by atomic mass is 9.88. The number of carbonyl (C=O) groups is 2. The molecule has 5 rings (SSSR count). The highest BCUT2D eigenvalue weighted by molar-refractivity contribution is 5.91. The highest BCUT2D eigenvalue weighted by Crippen LogP contribution is 2.47. The Morgan fingerprint density at radius 1 is 0.968 bits per heavy atom. The van der Waals surface area contributed by atoms with E-state index in [0.29, 0.717) is 11.5 Å². The van der Waals surface area contributed by atoms with Gasteiger partial charge in [-0.1, -0.05) is 23.8 Å². The van der Waals surface area contributed by atoms with Gasteiger partial charge in [0, 0.05) is 24.7 Å². The number of carboxylic acid groups (broad SMARTS) is 1. The summed E-state index contributed by atoms with van der Waals surface area (Å²) in [7, 11) is 0. The van der Waals surface area contributed by atoms with Crippen molar-refractivity contribution in [3.05, 3.63) is 70.3 Å². The number of carbonyl (C=O) groups excluding carboxylic acids is 1. The van der Waals surface area contributed by atoms with Crippen molar-refractivity contribution < 1.29 is 14.7 Å². The van der Waals surface area contributed by atoms with Gasteiger partial charge in [0.1, 0.15) is 6.29 Å². The summed E-state index contributed by atoms with van der Waals surface area (Å²) in [6.45, 7) is 1.86. The Hall–Kier alpha value is -2.88. The summed E-state index contributed by atoms with van der Waals surface area (Å²) in [5.74, 6) is 0.0322. The van der Waals surface area contributed by atoms with Crippen LogP contribution in [0.25, 0.3) is 5.57 Å². The molecule has 31 heavy (non-hydrogen) atoms. The van der Waals surface area contributed by atoms with Gasteiger partial charge in [-0.05, 0) is 97.4 Å². The van der Waals surface area contributed by atoms with Crippen molar-refractivity contribution in [3.63, 3.8) is 0 Å². The Morgan fingerprint density at radius 3 is 2.35 bits per heavy atom. The molecule has 2 aliphatic carbocycles. The van der Waals surface area contributed by atoms with Crippen LogP contribution < -0.4 is 4.90 Å². The van der Waals surface area contributed by atoms with Crippen LogP contribution in [-0.2, 0) is 11.2 Å². The number of hydrogen-bond acceptors (Lipinski definition) is 3. The zero-order valence-electron chi connectivity index (χ0n) is 17.8. The maximum Gasteiger partial charge on any atom is 0.335 e. The van der Waals surface area contributed by atoms with Crippen molar-refractivity contribution >= 4 is 23.5 Å². The zero-order valence-corrected chi connectivity index (χ0v) is 17.8. The number of aryl methyl sites for hydroxylation is 1. The van der Waals surface area contributed by atoms with Gasteiger partial charge in [-0.3, -0.25) is 0 Å². The summed E-state index contributed by atoms with van der Waals surface area (Å²) in [5, 5.41) is 9.44. The molecule has 4 heteroatoms. The molecule has 3 aliphatic rings. The van der Waals surface area contributed by atoms with Crippen LogP contribution >= 0.6 is 0 Å². The number of carboxylic acids is 1.